The van der Waals surface area contributed by atoms with Crippen LogP contribution in [0.2, 0.25) is 0 Å². The Bertz CT molecular complexity index is 1130. The highest BCUT2D eigenvalue weighted by atomic mass is 32.1. The van der Waals surface area contributed by atoms with Gasteiger partial charge in [0.2, 0.25) is 10.1 Å². The molecule has 0 spiro atoms. The molecule has 4 heterocycles. The fourth-order valence-electron chi connectivity index (χ4n) is 3.51. The fourth-order valence-corrected chi connectivity index (χ4v) is 4.44. The van der Waals surface area contributed by atoms with Crippen molar-refractivity contribution in [1.82, 2.24) is 19.6 Å². The van der Waals surface area contributed by atoms with Crippen LogP contribution in [-0.2, 0) is 6.18 Å². The van der Waals surface area contributed by atoms with Crippen molar-refractivity contribution in [1.29, 1.82) is 0 Å². The molecule has 1 saturated heterocycles. The summed E-state index contributed by atoms with van der Waals surface area (Å²) in [5, 5.41) is 5.50. The molecule has 5 rings (SSSR count). The molecule has 0 saturated carbocycles. The van der Waals surface area contributed by atoms with Crippen LogP contribution in [0.4, 0.5) is 24.0 Å². The molecule has 6 nitrogen and oxygen atoms in total. The average Bonchev–Trinajstić information content (AvgIpc) is 3.34. The first-order valence-electron chi connectivity index (χ1n) is 9.41. The Labute approximate surface area is 174 Å². The van der Waals surface area contributed by atoms with Crippen molar-refractivity contribution in [2.75, 3.05) is 36.0 Å². The lowest BCUT2D eigenvalue weighted by Gasteiger charge is -2.36. The number of alkyl halides is 3. The van der Waals surface area contributed by atoms with Gasteiger partial charge in [-0.3, -0.25) is 4.98 Å². The third kappa shape index (κ3) is 3.58. The molecule has 1 aromatic carbocycles. The van der Waals surface area contributed by atoms with E-state index in [0.29, 0.717) is 31.9 Å². The van der Waals surface area contributed by atoms with Crippen LogP contribution in [-0.4, -0.2) is 45.8 Å². The van der Waals surface area contributed by atoms with E-state index in [2.05, 4.69) is 20.0 Å². The Morgan fingerprint density at radius 2 is 1.77 bits per heavy atom. The van der Waals surface area contributed by atoms with Gasteiger partial charge in [0, 0.05) is 49.8 Å². The monoisotopic (exact) mass is 430 g/mol. The molecule has 154 valence electrons. The van der Waals surface area contributed by atoms with Crippen molar-refractivity contribution < 1.29 is 13.2 Å². The summed E-state index contributed by atoms with van der Waals surface area (Å²) in [6.07, 6.45) is 1.03. The average molecular weight is 430 g/mol. The maximum atomic E-state index is 13.0. The predicted octanol–water partition coefficient (Wildman–Crippen LogP) is 4.20. The number of imidazole rings is 1. The molecule has 0 N–H and O–H groups in total. The van der Waals surface area contributed by atoms with E-state index in [-0.39, 0.29) is 0 Å². The molecule has 10 heteroatoms. The maximum absolute atomic E-state index is 13.0. The lowest BCUT2D eigenvalue weighted by atomic mass is 10.1. The smallest absolute Gasteiger partial charge is 0.368 e. The van der Waals surface area contributed by atoms with Crippen molar-refractivity contribution in [3.05, 3.63) is 60.6 Å². The Balaban J connectivity index is 1.29. The topological polar surface area (TPSA) is 49.6 Å². The Hall–Kier alpha value is -3.14. The maximum Gasteiger partial charge on any atom is 0.416 e. The molecule has 0 bridgehead atoms. The summed E-state index contributed by atoms with van der Waals surface area (Å²) in [6, 6.07) is 9.32. The molecule has 4 aromatic rings. The van der Waals surface area contributed by atoms with Crippen molar-refractivity contribution in [3.63, 3.8) is 0 Å². The Morgan fingerprint density at radius 1 is 0.967 bits per heavy atom. The van der Waals surface area contributed by atoms with Gasteiger partial charge in [-0.25, -0.2) is 9.50 Å². The van der Waals surface area contributed by atoms with E-state index in [1.165, 1.54) is 23.5 Å². The van der Waals surface area contributed by atoms with Crippen molar-refractivity contribution in [2.45, 2.75) is 6.18 Å². The third-order valence-corrected chi connectivity index (χ3v) is 6.06. The van der Waals surface area contributed by atoms with Gasteiger partial charge in [-0.2, -0.15) is 13.2 Å². The quantitative estimate of drug-likeness (QED) is 0.488. The minimum absolute atomic E-state index is 0.597. The highest BCUT2D eigenvalue weighted by molar-refractivity contribution is 7.20. The minimum atomic E-state index is -4.33. The molecule has 0 atom stereocenters. The standard InChI is InChI=1S/C20H17F3N6S/c21-20(22,23)15-4-1-5-16(11-15)27-7-9-28(10-8-27)19-26-29-13-17(25-18(29)30-19)14-3-2-6-24-12-14/h1-6,11-13H,7-10H2. The molecule has 3 aromatic heterocycles. The van der Waals surface area contributed by atoms with Gasteiger partial charge >= 0.3 is 6.18 Å². The zero-order chi connectivity index (χ0) is 20.7. The number of pyridine rings is 1. The van der Waals surface area contributed by atoms with Gasteiger partial charge in [-0.15, -0.1) is 5.10 Å². The number of aromatic nitrogens is 4. The lowest BCUT2D eigenvalue weighted by molar-refractivity contribution is -0.137. The van der Waals surface area contributed by atoms with Crippen molar-refractivity contribution in [3.8, 4) is 11.3 Å². The summed E-state index contributed by atoms with van der Waals surface area (Å²) >= 11 is 1.50. The van der Waals surface area contributed by atoms with Gasteiger partial charge in [0.25, 0.3) is 0 Å². The summed E-state index contributed by atoms with van der Waals surface area (Å²) in [5.41, 5.74) is 1.74. The summed E-state index contributed by atoms with van der Waals surface area (Å²) in [4.78, 5) is 13.7. The second kappa shape index (κ2) is 7.28. The summed E-state index contributed by atoms with van der Waals surface area (Å²) in [7, 11) is 0. The van der Waals surface area contributed by atoms with Gasteiger partial charge in [0.05, 0.1) is 17.5 Å². The summed E-state index contributed by atoms with van der Waals surface area (Å²) in [5.74, 6) is 0. The van der Waals surface area contributed by atoms with Crippen LogP contribution in [0.25, 0.3) is 16.2 Å². The van der Waals surface area contributed by atoms with Crippen molar-refractivity contribution in [2.24, 2.45) is 0 Å². The molecule has 1 aliphatic heterocycles. The second-order valence-corrected chi connectivity index (χ2v) is 7.94. The van der Waals surface area contributed by atoms with Crippen LogP contribution in [0.15, 0.2) is 55.0 Å². The number of halogens is 3. The number of fused-ring (bicyclic) bond motifs is 1. The van der Waals surface area contributed by atoms with Crippen LogP contribution in [0.5, 0.6) is 0 Å². The van der Waals surface area contributed by atoms with Crippen molar-refractivity contribution >= 4 is 27.1 Å². The van der Waals surface area contributed by atoms with Crippen LogP contribution in [0.3, 0.4) is 0 Å². The molecular weight excluding hydrogens is 413 g/mol. The predicted molar refractivity (Wildman–Crippen MR) is 110 cm³/mol. The highest BCUT2D eigenvalue weighted by Crippen LogP contribution is 2.32. The van der Waals surface area contributed by atoms with E-state index in [4.69, 9.17) is 0 Å². The van der Waals surface area contributed by atoms with E-state index in [0.717, 1.165) is 27.4 Å². The highest BCUT2D eigenvalue weighted by Gasteiger charge is 2.31. The summed E-state index contributed by atoms with van der Waals surface area (Å²) < 4.78 is 40.7. The van der Waals surface area contributed by atoms with Gasteiger partial charge in [0.15, 0.2) is 0 Å². The Kier molecular flexibility index (Phi) is 4.58. The first-order valence-corrected chi connectivity index (χ1v) is 10.2. The van der Waals surface area contributed by atoms with Gasteiger partial charge in [-0.1, -0.05) is 17.4 Å². The molecule has 30 heavy (non-hydrogen) atoms. The second-order valence-electron chi connectivity index (χ2n) is 7.00. The number of hydrogen-bond donors (Lipinski definition) is 0. The van der Waals surface area contributed by atoms with Crippen LogP contribution in [0, 0.1) is 0 Å². The van der Waals surface area contributed by atoms with Crippen LogP contribution < -0.4 is 9.80 Å². The fraction of sp³-hybridized carbons (Fsp3) is 0.250. The number of hydrogen-bond acceptors (Lipinski definition) is 6. The molecule has 1 aliphatic rings. The first kappa shape index (κ1) is 18.9. The van der Waals surface area contributed by atoms with Gasteiger partial charge in [0.1, 0.15) is 0 Å². The number of anilines is 2. The SMILES string of the molecule is FC(F)(F)c1cccc(N2CCN(c3nn4cc(-c5cccnc5)nc4s3)CC2)c1. The molecule has 0 amide bonds. The number of nitrogens with zero attached hydrogens (tertiary/aromatic N) is 6. The Morgan fingerprint density at radius 3 is 2.47 bits per heavy atom. The van der Waals surface area contributed by atoms with E-state index >= 15 is 0 Å². The van der Waals surface area contributed by atoms with Crippen LogP contribution >= 0.6 is 11.3 Å². The molecule has 0 radical (unpaired) electrons. The zero-order valence-corrected chi connectivity index (χ0v) is 16.6. The van der Waals surface area contributed by atoms with Gasteiger partial charge < -0.3 is 9.80 Å². The molecule has 0 unspecified atom stereocenters. The molecular formula is C20H17F3N6S. The van der Waals surface area contributed by atoms with E-state index in [9.17, 15) is 13.2 Å². The number of benzene rings is 1. The third-order valence-electron chi connectivity index (χ3n) is 5.08. The van der Waals surface area contributed by atoms with E-state index in [1.54, 1.807) is 23.0 Å². The first-order chi connectivity index (χ1) is 14.5. The minimum Gasteiger partial charge on any atom is -0.368 e. The number of rotatable bonds is 3. The summed E-state index contributed by atoms with van der Waals surface area (Å²) in [6.45, 7) is 2.62. The normalized spacial score (nSPS) is 15.2. The lowest BCUT2D eigenvalue weighted by Crippen LogP contribution is -2.46. The van der Waals surface area contributed by atoms with Crippen LogP contribution in [0.1, 0.15) is 5.56 Å². The molecule has 0 aliphatic carbocycles. The zero-order valence-electron chi connectivity index (χ0n) is 15.8. The number of piperazine rings is 1. The van der Waals surface area contributed by atoms with Gasteiger partial charge in [-0.05, 0) is 30.3 Å². The largest absolute Gasteiger partial charge is 0.416 e. The van der Waals surface area contributed by atoms with E-state index in [1.807, 2.05) is 23.2 Å². The van der Waals surface area contributed by atoms with E-state index < -0.39 is 11.7 Å². The molecule has 1 fully saturated rings.